The molecule has 0 aromatic heterocycles. The van der Waals surface area contributed by atoms with Crippen LogP contribution in [0, 0.1) is 0 Å². The average molecular weight is 340 g/mol. The lowest BCUT2D eigenvalue weighted by Crippen LogP contribution is -2.30. The van der Waals surface area contributed by atoms with Gasteiger partial charge in [-0.2, -0.15) is 0 Å². The molecule has 2 aromatic carbocycles. The number of rotatable bonds is 6. The molecule has 2 aromatic rings. The van der Waals surface area contributed by atoms with E-state index in [2.05, 4.69) is 0 Å². The van der Waals surface area contributed by atoms with E-state index in [1.54, 1.807) is 43.3 Å². The molecule has 0 radical (unpaired) electrons. The van der Waals surface area contributed by atoms with Crippen molar-refractivity contribution in [3.05, 3.63) is 53.6 Å². The van der Waals surface area contributed by atoms with Crippen LogP contribution in [-0.2, 0) is 10.0 Å². The van der Waals surface area contributed by atoms with Gasteiger partial charge in [0.25, 0.3) is 10.0 Å². The Morgan fingerprint density at radius 2 is 1.59 bits per heavy atom. The predicted octanol–water partition coefficient (Wildman–Crippen LogP) is 3.95. The lowest BCUT2D eigenvalue weighted by atomic mass is 10.3. The molecule has 0 unspecified atom stereocenters. The van der Waals surface area contributed by atoms with Gasteiger partial charge in [0, 0.05) is 11.6 Å². The minimum absolute atomic E-state index is 0.215. The molecule has 0 aliphatic carbocycles. The van der Waals surface area contributed by atoms with Gasteiger partial charge in [0.1, 0.15) is 5.75 Å². The molecule has 0 fully saturated rings. The van der Waals surface area contributed by atoms with Crippen LogP contribution in [0.3, 0.4) is 0 Å². The van der Waals surface area contributed by atoms with Crippen LogP contribution >= 0.6 is 11.6 Å². The van der Waals surface area contributed by atoms with Gasteiger partial charge in [-0.1, -0.05) is 11.6 Å². The second-order valence-electron chi connectivity index (χ2n) is 4.55. The number of sulfonamides is 1. The molecule has 2 rings (SSSR count). The summed E-state index contributed by atoms with van der Waals surface area (Å²) in [5.41, 5.74) is 0.598. The Hall–Kier alpha value is -1.72. The van der Waals surface area contributed by atoms with Crippen LogP contribution in [0.4, 0.5) is 5.69 Å². The summed E-state index contributed by atoms with van der Waals surface area (Å²) >= 11 is 5.82. The number of nitrogens with zero attached hydrogens (tertiary/aromatic N) is 1. The van der Waals surface area contributed by atoms with Crippen LogP contribution in [0.15, 0.2) is 53.4 Å². The van der Waals surface area contributed by atoms with Crippen LogP contribution in [-0.4, -0.2) is 21.6 Å². The van der Waals surface area contributed by atoms with Crippen molar-refractivity contribution in [1.29, 1.82) is 0 Å². The first-order valence-corrected chi connectivity index (χ1v) is 8.82. The molecule has 0 saturated heterocycles. The van der Waals surface area contributed by atoms with Crippen LogP contribution in [0.1, 0.15) is 13.8 Å². The van der Waals surface area contributed by atoms with Crippen LogP contribution in [0.5, 0.6) is 5.75 Å². The van der Waals surface area contributed by atoms with Crippen LogP contribution < -0.4 is 9.04 Å². The van der Waals surface area contributed by atoms with E-state index < -0.39 is 10.0 Å². The molecular formula is C16H18ClNO3S. The van der Waals surface area contributed by atoms with E-state index in [1.807, 2.05) is 6.92 Å². The van der Waals surface area contributed by atoms with Crippen molar-refractivity contribution < 1.29 is 13.2 Å². The Labute approximate surface area is 136 Å². The fraction of sp³-hybridized carbons (Fsp3) is 0.250. The Morgan fingerprint density at radius 1 is 1.00 bits per heavy atom. The molecule has 0 saturated carbocycles. The third-order valence-electron chi connectivity index (χ3n) is 3.12. The predicted molar refractivity (Wildman–Crippen MR) is 89.3 cm³/mol. The molecule has 6 heteroatoms. The number of ether oxygens (including phenoxy) is 1. The van der Waals surface area contributed by atoms with E-state index in [9.17, 15) is 8.42 Å². The van der Waals surface area contributed by atoms with Gasteiger partial charge >= 0.3 is 0 Å². The maximum Gasteiger partial charge on any atom is 0.264 e. The second kappa shape index (κ2) is 7.03. The highest BCUT2D eigenvalue weighted by Crippen LogP contribution is 2.26. The Bertz CT molecular complexity index is 712. The summed E-state index contributed by atoms with van der Waals surface area (Å²) in [4.78, 5) is 0.215. The lowest BCUT2D eigenvalue weighted by molar-refractivity contribution is 0.340. The summed E-state index contributed by atoms with van der Waals surface area (Å²) in [6.07, 6.45) is 0. The third kappa shape index (κ3) is 3.54. The van der Waals surface area contributed by atoms with Crippen LogP contribution in [0.2, 0.25) is 5.02 Å². The molecule has 0 N–H and O–H groups in total. The first kappa shape index (κ1) is 16.6. The molecule has 0 aliphatic rings. The number of benzene rings is 2. The van der Waals surface area contributed by atoms with Crippen molar-refractivity contribution in [2.24, 2.45) is 0 Å². The maximum atomic E-state index is 12.7. The Kier molecular flexibility index (Phi) is 5.32. The highest BCUT2D eigenvalue weighted by molar-refractivity contribution is 7.92. The van der Waals surface area contributed by atoms with Gasteiger partial charge in [0.2, 0.25) is 0 Å². The number of hydrogen-bond acceptors (Lipinski definition) is 3. The second-order valence-corrected chi connectivity index (χ2v) is 6.85. The quantitative estimate of drug-likeness (QED) is 0.800. The summed E-state index contributed by atoms with van der Waals surface area (Å²) in [7, 11) is -3.61. The zero-order valence-electron chi connectivity index (χ0n) is 12.5. The maximum absolute atomic E-state index is 12.7. The van der Waals surface area contributed by atoms with Gasteiger partial charge < -0.3 is 4.74 Å². The molecular weight excluding hydrogens is 322 g/mol. The van der Waals surface area contributed by atoms with Gasteiger partial charge in [-0.15, -0.1) is 0 Å². The lowest BCUT2D eigenvalue weighted by Gasteiger charge is -2.23. The van der Waals surface area contributed by atoms with E-state index in [4.69, 9.17) is 16.3 Å². The first-order valence-electron chi connectivity index (χ1n) is 7.00. The molecule has 0 bridgehead atoms. The first-order chi connectivity index (χ1) is 10.5. The number of hydrogen-bond donors (Lipinski definition) is 0. The standard InChI is InChI=1S/C16H18ClNO3S/c1-3-18(14-7-9-15(10-8-14)21-4-2)22(19,20)16-11-5-13(17)6-12-16/h5-12H,3-4H2,1-2H3. The summed E-state index contributed by atoms with van der Waals surface area (Å²) in [6, 6.07) is 13.2. The minimum Gasteiger partial charge on any atom is -0.494 e. The van der Waals surface area contributed by atoms with Gasteiger partial charge in [0.15, 0.2) is 0 Å². The molecule has 0 aliphatic heterocycles. The molecule has 0 spiro atoms. The van der Waals surface area contributed by atoms with Crippen molar-refractivity contribution in [1.82, 2.24) is 0 Å². The molecule has 118 valence electrons. The fourth-order valence-corrected chi connectivity index (χ4v) is 3.70. The largest absolute Gasteiger partial charge is 0.494 e. The van der Waals surface area contributed by atoms with Gasteiger partial charge in [-0.05, 0) is 62.4 Å². The zero-order chi connectivity index (χ0) is 16.2. The van der Waals surface area contributed by atoms with Crippen molar-refractivity contribution in [3.63, 3.8) is 0 Å². The van der Waals surface area contributed by atoms with E-state index in [-0.39, 0.29) is 4.90 Å². The summed E-state index contributed by atoms with van der Waals surface area (Å²) in [5, 5.41) is 0.503. The normalized spacial score (nSPS) is 11.2. The molecule has 4 nitrogen and oxygen atoms in total. The van der Waals surface area contributed by atoms with Gasteiger partial charge in [0.05, 0.1) is 17.2 Å². The average Bonchev–Trinajstić information content (AvgIpc) is 2.50. The highest BCUT2D eigenvalue weighted by Gasteiger charge is 2.23. The monoisotopic (exact) mass is 339 g/mol. The molecule has 0 heterocycles. The van der Waals surface area contributed by atoms with Crippen molar-refractivity contribution >= 4 is 27.3 Å². The van der Waals surface area contributed by atoms with E-state index in [0.29, 0.717) is 29.6 Å². The number of halogens is 1. The molecule has 22 heavy (non-hydrogen) atoms. The van der Waals surface area contributed by atoms with Crippen LogP contribution in [0.25, 0.3) is 0 Å². The fourth-order valence-electron chi connectivity index (χ4n) is 2.10. The topological polar surface area (TPSA) is 46.6 Å². The smallest absolute Gasteiger partial charge is 0.264 e. The third-order valence-corrected chi connectivity index (χ3v) is 5.29. The molecule has 0 amide bonds. The van der Waals surface area contributed by atoms with E-state index >= 15 is 0 Å². The summed E-state index contributed by atoms with van der Waals surface area (Å²) in [6.45, 7) is 4.60. The van der Waals surface area contributed by atoms with Gasteiger partial charge in [-0.3, -0.25) is 4.31 Å². The molecule has 0 atom stereocenters. The Balaban J connectivity index is 2.35. The summed E-state index contributed by atoms with van der Waals surface area (Å²) in [5.74, 6) is 0.714. The zero-order valence-corrected chi connectivity index (χ0v) is 14.1. The SMILES string of the molecule is CCOc1ccc(N(CC)S(=O)(=O)c2ccc(Cl)cc2)cc1. The van der Waals surface area contributed by atoms with Crippen molar-refractivity contribution in [2.75, 3.05) is 17.5 Å². The van der Waals surface area contributed by atoms with Crippen molar-refractivity contribution in [2.45, 2.75) is 18.7 Å². The van der Waals surface area contributed by atoms with E-state index in [0.717, 1.165) is 0 Å². The van der Waals surface area contributed by atoms with E-state index in [1.165, 1.54) is 16.4 Å². The number of anilines is 1. The minimum atomic E-state index is -3.61. The summed E-state index contributed by atoms with van der Waals surface area (Å²) < 4.78 is 32.2. The Morgan fingerprint density at radius 3 is 2.09 bits per heavy atom. The highest BCUT2D eigenvalue weighted by atomic mass is 35.5. The van der Waals surface area contributed by atoms with Crippen molar-refractivity contribution in [3.8, 4) is 5.75 Å². The van der Waals surface area contributed by atoms with Gasteiger partial charge in [-0.25, -0.2) is 8.42 Å².